The number of benzene rings is 1. The number of alkyl halides is 1. The molecule has 1 heteroatoms. The summed E-state index contributed by atoms with van der Waals surface area (Å²) in [7, 11) is 0. The van der Waals surface area contributed by atoms with E-state index in [1.165, 1.54) is 49.7 Å². The van der Waals surface area contributed by atoms with Gasteiger partial charge in [0.2, 0.25) is 0 Å². The summed E-state index contributed by atoms with van der Waals surface area (Å²) in [5.41, 5.74) is 2.78. The van der Waals surface area contributed by atoms with Crippen LogP contribution in [0.1, 0.15) is 55.5 Å². The standard InChI is InChI=1S/C17H23Cl/c1-2-3-12-4-7-14(8-5-12)17(18)16-11-13-6-9-15(16)10-13/h4-5,7-8,13,15-17H,2-3,6,9-11H2,1H3. The number of hydrogen-bond acceptors (Lipinski definition) is 0. The van der Waals surface area contributed by atoms with Gasteiger partial charge < -0.3 is 0 Å². The van der Waals surface area contributed by atoms with E-state index in [9.17, 15) is 0 Å². The largest absolute Gasteiger partial charge is 0.118 e. The van der Waals surface area contributed by atoms with E-state index in [1.807, 2.05) is 0 Å². The van der Waals surface area contributed by atoms with Gasteiger partial charge in [0.05, 0.1) is 5.38 Å². The van der Waals surface area contributed by atoms with Gasteiger partial charge in [-0.15, -0.1) is 11.6 Å². The second-order valence-corrected chi connectivity index (χ2v) is 6.70. The van der Waals surface area contributed by atoms with Gasteiger partial charge >= 0.3 is 0 Å². The first kappa shape index (κ1) is 12.5. The summed E-state index contributed by atoms with van der Waals surface area (Å²) in [6.07, 6.45) is 8.10. The van der Waals surface area contributed by atoms with Crippen molar-refractivity contribution in [3.8, 4) is 0 Å². The fourth-order valence-corrected chi connectivity index (χ4v) is 4.51. The number of rotatable bonds is 4. The lowest BCUT2D eigenvalue weighted by molar-refractivity contribution is 0.323. The third kappa shape index (κ3) is 2.32. The van der Waals surface area contributed by atoms with Crippen molar-refractivity contribution in [1.82, 2.24) is 0 Å². The quantitative estimate of drug-likeness (QED) is 0.641. The molecule has 0 heterocycles. The van der Waals surface area contributed by atoms with Gasteiger partial charge in [-0.3, -0.25) is 0 Å². The van der Waals surface area contributed by atoms with Gasteiger partial charge in [0.25, 0.3) is 0 Å². The van der Waals surface area contributed by atoms with E-state index in [2.05, 4.69) is 31.2 Å². The number of halogens is 1. The summed E-state index contributed by atoms with van der Waals surface area (Å²) in [5.74, 6) is 2.64. The summed E-state index contributed by atoms with van der Waals surface area (Å²) in [4.78, 5) is 0. The molecule has 4 unspecified atom stereocenters. The summed E-state index contributed by atoms with van der Waals surface area (Å²) >= 11 is 6.74. The Morgan fingerprint density at radius 3 is 2.50 bits per heavy atom. The van der Waals surface area contributed by atoms with Crippen molar-refractivity contribution in [3.63, 3.8) is 0 Å². The van der Waals surface area contributed by atoms with Crippen LogP contribution in [0.3, 0.4) is 0 Å². The molecule has 0 aliphatic heterocycles. The molecule has 18 heavy (non-hydrogen) atoms. The normalized spacial score (nSPS) is 31.8. The van der Waals surface area contributed by atoms with E-state index < -0.39 is 0 Å². The monoisotopic (exact) mass is 262 g/mol. The molecule has 1 aromatic rings. The van der Waals surface area contributed by atoms with Crippen LogP contribution in [0, 0.1) is 17.8 Å². The Morgan fingerprint density at radius 1 is 1.17 bits per heavy atom. The van der Waals surface area contributed by atoms with Gasteiger partial charge in [-0.25, -0.2) is 0 Å². The predicted molar refractivity (Wildman–Crippen MR) is 78.0 cm³/mol. The lowest BCUT2D eigenvalue weighted by Gasteiger charge is -2.26. The first-order valence-electron chi connectivity index (χ1n) is 7.51. The maximum absolute atomic E-state index is 6.74. The first-order valence-corrected chi connectivity index (χ1v) is 7.94. The van der Waals surface area contributed by atoms with Crippen LogP contribution in [0.2, 0.25) is 0 Å². The summed E-state index contributed by atoms with van der Waals surface area (Å²) in [5, 5.41) is 0.246. The first-order chi connectivity index (χ1) is 8.78. The van der Waals surface area contributed by atoms with Crippen LogP contribution in [0.4, 0.5) is 0 Å². The van der Waals surface area contributed by atoms with E-state index >= 15 is 0 Å². The third-order valence-electron chi connectivity index (χ3n) is 5.01. The molecule has 0 radical (unpaired) electrons. The topological polar surface area (TPSA) is 0 Å². The van der Waals surface area contributed by atoms with Crippen molar-refractivity contribution in [1.29, 1.82) is 0 Å². The van der Waals surface area contributed by atoms with Gasteiger partial charge in [0.15, 0.2) is 0 Å². The average molecular weight is 263 g/mol. The fourth-order valence-electron chi connectivity index (χ4n) is 4.06. The van der Waals surface area contributed by atoms with E-state index in [1.54, 1.807) is 0 Å². The van der Waals surface area contributed by atoms with Gasteiger partial charge in [-0.05, 0) is 54.6 Å². The molecule has 0 nitrogen and oxygen atoms in total. The van der Waals surface area contributed by atoms with Crippen molar-refractivity contribution in [2.75, 3.05) is 0 Å². The molecule has 2 aliphatic rings. The number of aryl methyl sites for hydroxylation is 1. The Morgan fingerprint density at radius 2 is 1.94 bits per heavy atom. The summed E-state index contributed by atoms with van der Waals surface area (Å²) in [6.45, 7) is 2.23. The Kier molecular flexibility index (Phi) is 3.66. The maximum Gasteiger partial charge on any atom is 0.0616 e. The molecule has 0 N–H and O–H groups in total. The van der Waals surface area contributed by atoms with Crippen LogP contribution in [0.15, 0.2) is 24.3 Å². The lowest BCUT2D eigenvalue weighted by atomic mass is 9.83. The van der Waals surface area contributed by atoms with E-state index in [-0.39, 0.29) is 5.38 Å². The minimum absolute atomic E-state index is 0.246. The Balaban J connectivity index is 1.70. The minimum atomic E-state index is 0.246. The van der Waals surface area contributed by atoms with E-state index in [0.717, 1.165) is 17.8 Å². The Labute approximate surface area is 116 Å². The zero-order chi connectivity index (χ0) is 12.5. The van der Waals surface area contributed by atoms with Crippen LogP contribution < -0.4 is 0 Å². The molecular formula is C17H23Cl. The fraction of sp³-hybridized carbons (Fsp3) is 0.647. The van der Waals surface area contributed by atoms with Crippen LogP contribution in [-0.2, 0) is 6.42 Å². The molecular weight excluding hydrogens is 240 g/mol. The molecule has 2 bridgehead atoms. The molecule has 0 saturated heterocycles. The van der Waals surface area contributed by atoms with Crippen LogP contribution in [-0.4, -0.2) is 0 Å². The third-order valence-corrected chi connectivity index (χ3v) is 5.58. The van der Waals surface area contributed by atoms with Gasteiger partial charge in [0.1, 0.15) is 0 Å². The molecule has 2 fully saturated rings. The van der Waals surface area contributed by atoms with Crippen molar-refractivity contribution >= 4 is 11.6 Å². The van der Waals surface area contributed by atoms with Crippen molar-refractivity contribution < 1.29 is 0 Å². The molecule has 0 amide bonds. The molecule has 4 atom stereocenters. The maximum atomic E-state index is 6.74. The molecule has 0 aromatic heterocycles. The second kappa shape index (κ2) is 5.25. The lowest BCUT2D eigenvalue weighted by Crippen LogP contribution is -2.15. The SMILES string of the molecule is CCCc1ccc(C(Cl)C2CC3CCC2C3)cc1. The predicted octanol–water partition coefficient (Wildman–Crippen LogP) is 5.36. The second-order valence-electron chi connectivity index (χ2n) is 6.23. The van der Waals surface area contributed by atoms with Crippen molar-refractivity contribution in [2.45, 2.75) is 50.8 Å². The van der Waals surface area contributed by atoms with Crippen LogP contribution in [0.5, 0.6) is 0 Å². The minimum Gasteiger partial charge on any atom is -0.118 e. The molecule has 0 spiro atoms. The van der Waals surface area contributed by atoms with E-state index in [4.69, 9.17) is 11.6 Å². The molecule has 2 aliphatic carbocycles. The zero-order valence-corrected chi connectivity index (χ0v) is 12.0. The van der Waals surface area contributed by atoms with Crippen LogP contribution >= 0.6 is 11.6 Å². The van der Waals surface area contributed by atoms with Crippen molar-refractivity contribution in [2.24, 2.45) is 17.8 Å². The summed E-state index contributed by atoms with van der Waals surface area (Å²) in [6, 6.07) is 9.05. The molecule has 1 aromatic carbocycles. The highest BCUT2D eigenvalue weighted by Gasteiger charge is 2.42. The van der Waals surface area contributed by atoms with Crippen molar-refractivity contribution in [3.05, 3.63) is 35.4 Å². The molecule has 98 valence electrons. The summed E-state index contributed by atoms with van der Waals surface area (Å²) < 4.78 is 0. The molecule has 3 rings (SSSR count). The Hall–Kier alpha value is -0.490. The highest BCUT2D eigenvalue weighted by molar-refractivity contribution is 6.21. The highest BCUT2D eigenvalue weighted by Crippen LogP contribution is 2.54. The molecule has 2 saturated carbocycles. The van der Waals surface area contributed by atoms with Gasteiger partial charge in [0, 0.05) is 0 Å². The number of hydrogen-bond donors (Lipinski definition) is 0. The average Bonchev–Trinajstić information content (AvgIpc) is 3.01. The van der Waals surface area contributed by atoms with Crippen LogP contribution in [0.25, 0.3) is 0 Å². The highest BCUT2D eigenvalue weighted by atomic mass is 35.5. The number of fused-ring (bicyclic) bond motifs is 2. The van der Waals surface area contributed by atoms with Gasteiger partial charge in [-0.2, -0.15) is 0 Å². The zero-order valence-electron chi connectivity index (χ0n) is 11.2. The van der Waals surface area contributed by atoms with E-state index in [0.29, 0.717) is 0 Å². The van der Waals surface area contributed by atoms with Gasteiger partial charge in [-0.1, -0.05) is 44.0 Å². The Bertz CT molecular complexity index is 395. The smallest absolute Gasteiger partial charge is 0.0616 e.